The van der Waals surface area contributed by atoms with Crippen LogP contribution in [0.4, 0.5) is 5.95 Å². The number of rotatable bonds is 3. The van der Waals surface area contributed by atoms with Crippen LogP contribution in [0, 0.1) is 0 Å². The van der Waals surface area contributed by atoms with Crippen LogP contribution in [-0.4, -0.2) is 38.8 Å². The Morgan fingerprint density at radius 1 is 1.26 bits per heavy atom. The summed E-state index contributed by atoms with van der Waals surface area (Å²) < 4.78 is 5.92. The minimum absolute atomic E-state index is 0.0823. The Kier molecular flexibility index (Phi) is 4.51. The summed E-state index contributed by atoms with van der Waals surface area (Å²) in [4.78, 5) is 27.8. The molecule has 140 valence electrons. The van der Waals surface area contributed by atoms with E-state index in [1.54, 1.807) is 6.07 Å². The molecule has 7 nitrogen and oxygen atoms in total. The molecule has 1 amide bonds. The number of nitrogens with zero attached hydrogens (tertiary/aromatic N) is 4. The predicted molar refractivity (Wildman–Crippen MR) is 102 cm³/mol. The Morgan fingerprint density at radius 2 is 2.07 bits per heavy atom. The first kappa shape index (κ1) is 17.5. The molecule has 0 spiro atoms. The van der Waals surface area contributed by atoms with Crippen LogP contribution in [0.15, 0.2) is 34.7 Å². The minimum atomic E-state index is -0.119. The first-order valence-electron chi connectivity index (χ1n) is 9.30. The number of anilines is 1. The number of benzene rings is 1. The van der Waals surface area contributed by atoms with Gasteiger partial charge in [0.15, 0.2) is 11.5 Å². The average molecular weight is 365 g/mol. The van der Waals surface area contributed by atoms with Gasteiger partial charge in [0, 0.05) is 18.8 Å². The fourth-order valence-corrected chi connectivity index (χ4v) is 3.48. The van der Waals surface area contributed by atoms with Gasteiger partial charge < -0.3 is 15.1 Å². The van der Waals surface area contributed by atoms with Gasteiger partial charge in [-0.25, -0.2) is 15.0 Å². The van der Waals surface area contributed by atoms with Crippen LogP contribution in [0.3, 0.4) is 0 Å². The third-order valence-electron chi connectivity index (χ3n) is 4.94. The van der Waals surface area contributed by atoms with Crippen molar-refractivity contribution in [2.45, 2.75) is 38.5 Å². The molecule has 1 atom stereocenters. The highest BCUT2D eigenvalue weighted by Gasteiger charge is 2.29. The summed E-state index contributed by atoms with van der Waals surface area (Å²) in [6.45, 7) is 5.28. The predicted octanol–water partition coefficient (Wildman–Crippen LogP) is 3.34. The quantitative estimate of drug-likeness (QED) is 0.764. The molecule has 4 rings (SSSR count). The van der Waals surface area contributed by atoms with Crippen LogP contribution >= 0.6 is 0 Å². The highest BCUT2D eigenvalue weighted by atomic mass is 16.3. The van der Waals surface area contributed by atoms with Gasteiger partial charge in [-0.2, -0.15) is 0 Å². The molecule has 2 N–H and O–H groups in total. The minimum Gasteiger partial charge on any atom is -0.440 e. The Balaban J connectivity index is 1.56. The molecule has 27 heavy (non-hydrogen) atoms. The lowest BCUT2D eigenvalue weighted by atomic mass is 9.97. The fourth-order valence-electron chi connectivity index (χ4n) is 3.48. The molecule has 2 aromatic heterocycles. The molecule has 0 unspecified atom stereocenters. The maximum Gasteiger partial charge on any atom is 0.272 e. The van der Waals surface area contributed by atoms with Crippen molar-refractivity contribution in [2.24, 2.45) is 0 Å². The Labute approximate surface area is 157 Å². The number of piperidine rings is 1. The molecule has 0 radical (unpaired) electrons. The normalized spacial score (nSPS) is 17.6. The van der Waals surface area contributed by atoms with Crippen molar-refractivity contribution in [1.82, 2.24) is 19.9 Å². The highest BCUT2D eigenvalue weighted by molar-refractivity contribution is 5.92. The number of aromatic nitrogens is 3. The number of carbonyl (C=O) groups excluding carboxylic acids is 1. The standard InChI is InChI=1S/C20H23N5O2/c1-12(2)15-10-16(24-20(21)23-15)19(26)25-9-5-6-13(11-25)18-22-14-7-3-4-8-17(14)27-18/h3-4,7-8,10,12-13H,5-6,9,11H2,1-2H3,(H2,21,23,24)/t13-/m0/s1. The van der Waals surface area contributed by atoms with Gasteiger partial charge in [0.25, 0.3) is 5.91 Å². The second-order valence-corrected chi connectivity index (χ2v) is 7.30. The molecule has 3 heterocycles. The number of amides is 1. The number of para-hydroxylation sites is 2. The van der Waals surface area contributed by atoms with Gasteiger partial charge in [0.05, 0.1) is 5.92 Å². The SMILES string of the molecule is CC(C)c1cc(C(=O)N2CCC[C@H](c3nc4ccccc4o3)C2)nc(N)n1. The molecule has 0 aliphatic carbocycles. The van der Waals surface area contributed by atoms with Crippen LogP contribution in [0.2, 0.25) is 0 Å². The lowest BCUT2D eigenvalue weighted by molar-refractivity contribution is 0.0692. The summed E-state index contributed by atoms with van der Waals surface area (Å²) in [6, 6.07) is 9.46. The van der Waals surface area contributed by atoms with Crippen LogP contribution in [0.5, 0.6) is 0 Å². The first-order chi connectivity index (χ1) is 13.0. The van der Waals surface area contributed by atoms with E-state index in [4.69, 9.17) is 10.2 Å². The van der Waals surface area contributed by atoms with Crippen molar-refractivity contribution in [1.29, 1.82) is 0 Å². The van der Waals surface area contributed by atoms with Gasteiger partial charge in [-0.3, -0.25) is 4.79 Å². The largest absolute Gasteiger partial charge is 0.440 e. The van der Waals surface area contributed by atoms with E-state index in [0.717, 1.165) is 29.6 Å². The Hall–Kier alpha value is -2.96. The van der Waals surface area contributed by atoms with Gasteiger partial charge >= 0.3 is 0 Å². The van der Waals surface area contributed by atoms with E-state index in [9.17, 15) is 4.79 Å². The molecule has 7 heteroatoms. The first-order valence-corrected chi connectivity index (χ1v) is 9.30. The van der Waals surface area contributed by atoms with Crippen LogP contribution < -0.4 is 5.73 Å². The van der Waals surface area contributed by atoms with Crippen molar-refractivity contribution in [2.75, 3.05) is 18.8 Å². The zero-order valence-corrected chi connectivity index (χ0v) is 15.6. The lowest BCUT2D eigenvalue weighted by Gasteiger charge is -2.31. The Bertz CT molecular complexity index is 948. The zero-order valence-electron chi connectivity index (χ0n) is 15.6. The second kappa shape index (κ2) is 6.98. The second-order valence-electron chi connectivity index (χ2n) is 7.30. The molecule has 1 aromatic carbocycles. The molecule has 0 bridgehead atoms. The fraction of sp³-hybridized carbons (Fsp3) is 0.400. The van der Waals surface area contributed by atoms with E-state index in [1.165, 1.54) is 0 Å². The van der Waals surface area contributed by atoms with Crippen LogP contribution in [0.25, 0.3) is 11.1 Å². The molecule has 1 saturated heterocycles. The smallest absolute Gasteiger partial charge is 0.272 e. The number of nitrogen functional groups attached to an aromatic ring is 1. The van der Waals surface area contributed by atoms with Gasteiger partial charge in [-0.15, -0.1) is 0 Å². The van der Waals surface area contributed by atoms with Crippen molar-refractivity contribution in [3.8, 4) is 0 Å². The number of oxazole rings is 1. The molecular formula is C20H23N5O2. The van der Waals surface area contributed by atoms with Crippen molar-refractivity contribution >= 4 is 23.0 Å². The van der Waals surface area contributed by atoms with Crippen molar-refractivity contribution in [3.63, 3.8) is 0 Å². The Morgan fingerprint density at radius 3 is 2.85 bits per heavy atom. The van der Waals surface area contributed by atoms with E-state index in [0.29, 0.717) is 24.7 Å². The van der Waals surface area contributed by atoms with Crippen molar-refractivity contribution < 1.29 is 9.21 Å². The lowest BCUT2D eigenvalue weighted by Crippen LogP contribution is -2.39. The van der Waals surface area contributed by atoms with E-state index >= 15 is 0 Å². The number of nitrogens with two attached hydrogens (primary N) is 1. The third-order valence-corrected chi connectivity index (χ3v) is 4.94. The number of carbonyl (C=O) groups is 1. The molecule has 1 aliphatic rings. The van der Waals surface area contributed by atoms with Gasteiger partial charge in [-0.1, -0.05) is 26.0 Å². The number of fused-ring (bicyclic) bond motifs is 1. The van der Waals surface area contributed by atoms with E-state index in [-0.39, 0.29) is 23.7 Å². The molecule has 1 aliphatic heterocycles. The maximum absolute atomic E-state index is 13.0. The summed E-state index contributed by atoms with van der Waals surface area (Å²) >= 11 is 0. The number of likely N-dealkylation sites (tertiary alicyclic amines) is 1. The van der Waals surface area contributed by atoms with E-state index < -0.39 is 0 Å². The monoisotopic (exact) mass is 365 g/mol. The summed E-state index contributed by atoms with van der Waals surface area (Å²) in [5.41, 5.74) is 8.56. The third kappa shape index (κ3) is 3.49. The topological polar surface area (TPSA) is 98.1 Å². The van der Waals surface area contributed by atoms with E-state index in [2.05, 4.69) is 15.0 Å². The van der Waals surface area contributed by atoms with Crippen LogP contribution in [-0.2, 0) is 0 Å². The number of hydrogen-bond acceptors (Lipinski definition) is 6. The summed E-state index contributed by atoms with van der Waals surface area (Å²) in [6.07, 6.45) is 1.84. The van der Waals surface area contributed by atoms with Gasteiger partial charge in [0.2, 0.25) is 5.95 Å². The average Bonchev–Trinajstić information content (AvgIpc) is 3.11. The van der Waals surface area contributed by atoms with Gasteiger partial charge in [-0.05, 0) is 37.0 Å². The van der Waals surface area contributed by atoms with Crippen molar-refractivity contribution in [3.05, 3.63) is 47.6 Å². The molecule has 3 aromatic rings. The van der Waals surface area contributed by atoms with E-state index in [1.807, 2.05) is 43.0 Å². The summed E-state index contributed by atoms with van der Waals surface area (Å²) in [5, 5.41) is 0. The molecule has 0 saturated carbocycles. The summed E-state index contributed by atoms with van der Waals surface area (Å²) in [5.74, 6) is 0.970. The zero-order chi connectivity index (χ0) is 19.0. The number of hydrogen-bond donors (Lipinski definition) is 1. The van der Waals surface area contributed by atoms with Gasteiger partial charge in [0.1, 0.15) is 11.2 Å². The van der Waals surface area contributed by atoms with Crippen LogP contribution in [0.1, 0.15) is 60.6 Å². The summed E-state index contributed by atoms with van der Waals surface area (Å²) in [7, 11) is 0. The molecular weight excluding hydrogens is 342 g/mol. The molecule has 1 fully saturated rings. The maximum atomic E-state index is 13.0. The highest BCUT2D eigenvalue weighted by Crippen LogP contribution is 2.29.